The first kappa shape index (κ1) is 11.0. The third-order valence-electron chi connectivity index (χ3n) is 2.96. The van der Waals surface area contributed by atoms with Gasteiger partial charge in [0.1, 0.15) is 0 Å². The quantitative estimate of drug-likeness (QED) is 0.498. The van der Waals surface area contributed by atoms with E-state index in [2.05, 4.69) is 27.0 Å². The smallest absolute Gasteiger partial charge is 0.246 e. The fourth-order valence-electron chi connectivity index (χ4n) is 2.26. The molecule has 0 aromatic carbocycles. The molecule has 1 fully saturated rings. The van der Waals surface area contributed by atoms with E-state index < -0.39 is 0 Å². The number of hydrogen-bond acceptors (Lipinski definition) is 1. The van der Waals surface area contributed by atoms with Crippen molar-refractivity contribution in [3.8, 4) is 0 Å². The van der Waals surface area contributed by atoms with Crippen LogP contribution in [0.1, 0.15) is 33.1 Å². The van der Waals surface area contributed by atoms with Gasteiger partial charge in [0.25, 0.3) is 0 Å². The van der Waals surface area contributed by atoms with Crippen LogP contribution in [0.25, 0.3) is 0 Å². The SMILES string of the molecule is C=CCC1CCC(C)(C)N1C(=O)C=C. The Morgan fingerprint density at radius 1 is 1.57 bits per heavy atom. The third kappa shape index (κ3) is 1.89. The van der Waals surface area contributed by atoms with Gasteiger partial charge < -0.3 is 4.90 Å². The number of rotatable bonds is 3. The van der Waals surface area contributed by atoms with Crippen LogP contribution in [0.5, 0.6) is 0 Å². The van der Waals surface area contributed by atoms with E-state index in [0.717, 1.165) is 19.3 Å². The highest BCUT2D eigenvalue weighted by Crippen LogP contribution is 2.35. The number of amides is 1. The predicted molar refractivity (Wildman–Crippen MR) is 59.0 cm³/mol. The van der Waals surface area contributed by atoms with Crippen molar-refractivity contribution in [3.05, 3.63) is 25.3 Å². The molecule has 0 N–H and O–H groups in total. The average Bonchev–Trinajstić information content (AvgIpc) is 2.41. The summed E-state index contributed by atoms with van der Waals surface area (Å²) < 4.78 is 0. The fraction of sp³-hybridized carbons (Fsp3) is 0.583. The van der Waals surface area contributed by atoms with Gasteiger partial charge in [-0.15, -0.1) is 6.58 Å². The molecule has 14 heavy (non-hydrogen) atoms. The number of carbonyl (C=O) groups is 1. The van der Waals surface area contributed by atoms with Crippen LogP contribution < -0.4 is 0 Å². The van der Waals surface area contributed by atoms with Gasteiger partial charge in [-0.2, -0.15) is 0 Å². The van der Waals surface area contributed by atoms with Crippen molar-refractivity contribution in [1.82, 2.24) is 4.90 Å². The summed E-state index contributed by atoms with van der Waals surface area (Å²) in [5.74, 6) is 0.0411. The van der Waals surface area contributed by atoms with Gasteiger partial charge in [0.2, 0.25) is 5.91 Å². The Morgan fingerprint density at radius 2 is 2.21 bits per heavy atom. The summed E-state index contributed by atoms with van der Waals surface area (Å²) in [5, 5.41) is 0. The monoisotopic (exact) mass is 193 g/mol. The summed E-state index contributed by atoms with van der Waals surface area (Å²) >= 11 is 0. The molecular formula is C12H19NO. The molecule has 1 atom stereocenters. The van der Waals surface area contributed by atoms with E-state index >= 15 is 0 Å². The van der Waals surface area contributed by atoms with Crippen LogP contribution in [0.3, 0.4) is 0 Å². The second-order valence-corrected chi connectivity index (χ2v) is 4.44. The Morgan fingerprint density at radius 3 is 2.71 bits per heavy atom. The minimum atomic E-state index is -0.0288. The van der Waals surface area contributed by atoms with Crippen molar-refractivity contribution >= 4 is 5.91 Å². The van der Waals surface area contributed by atoms with Crippen LogP contribution in [0.2, 0.25) is 0 Å². The fourth-order valence-corrected chi connectivity index (χ4v) is 2.26. The number of hydrogen-bond donors (Lipinski definition) is 0. The molecule has 0 radical (unpaired) electrons. The van der Waals surface area contributed by atoms with Crippen molar-refractivity contribution < 1.29 is 4.79 Å². The predicted octanol–water partition coefficient (Wildman–Crippen LogP) is 2.52. The Bertz CT molecular complexity index is 255. The highest BCUT2D eigenvalue weighted by molar-refractivity contribution is 5.88. The lowest BCUT2D eigenvalue weighted by atomic mass is 10.0. The van der Waals surface area contributed by atoms with Crippen LogP contribution in [0, 0.1) is 0 Å². The van der Waals surface area contributed by atoms with E-state index in [1.807, 2.05) is 11.0 Å². The Balaban J connectivity index is 2.85. The highest BCUT2D eigenvalue weighted by Gasteiger charge is 2.40. The molecule has 0 spiro atoms. The first-order chi connectivity index (χ1) is 6.53. The number of likely N-dealkylation sites (tertiary alicyclic amines) is 1. The van der Waals surface area contributed by atoms with E-state index in [9.17, 15) is 4.79 Å². The molecule has 78 valence electrons. The van der Waals surface area contributed by atoms with Gasteiger partial charge >= 0.3 is 0 Å². The van der Waals surface area contributed by atoms with E-state index in [-0.39, 0.29) is 11.4 Å². The van der Waals surface area contributed by atoms with E-state index in [1.54, 1.807) is 0 Å². The minimum Gasteiger partial charge on any atom is -0.331 e. The maximum Gasteiger partial charge on any atom is 0.246 e. The van der Waals surface area contributed by atoms with Gasteiger partial charge in [-0.05, 0) is 39.2 Å². The lowest BCUT2D eigenvalue weighted by molar-refractivity contribution is -0.131. The van der Waals surface area contributed by atoms with Gasteiger partial charge in [0.15, 0.2) is 0 Å². The topological polar surface area (TPSA) is 20.3 Å². The molecule has 1 saturated heterocycles. The Hall–Kier alpha value is -1.05. The molecule has 0 aromatic heterocycles. The molecule has 1 amide bonds. The zero-order chi connectivity index (χ0) is 10.8. The molecular weight excluding hydrogens is 174 g/mol. The minimum absolute atomic E-state index is 0.0288. The molecule has 1 unspecified atom stereocenters. The molecule has 0 bridgehead atoms. The standard InChI is InChI=1S/C12H19NO/c1-5-7-10-8-9-12(3,4)13(10)11(14)6-2/h5-6,10H,1-2,7-9H2,3-4H3. The zero-order valence-electron chi connectivity index (χ0n) is 9.12. The molecule has 1 aliphatic heterocycles. The van der Waals surface area contributed by atoms with Gasteiger partial charge in [0.05, 0.1) is 0 Å². The second-order valence-electron chi connectivity index (χ2n) is 4.44. The summed E-state index contributed by atoms with van der Waals surface area (Å²) in [4.78, 5) is 13.6. The first-order valence-electron chi connectivity index (χ1n) is 5.09. The number of carbonyl (C=O) groups excluding carboxylic acids is 1. The second kappa shape index (κ2) is 3.99. The maximum atomic E-state index is 11.7. The summed E-state index contributed by atoms with van der Waals surface area (Å²) in [7, 11) is 0. The molecule has 2 heteroatoms. The Kier molecular flexibility index (Phi) is 3.14. The van der Waals surface area contributed by atoms with Crippen molar-refractivity contribution in [2.24, 2.45) is 0 Å². The van der Waals surface area contributed by atoms with Crippen LogP contribution in [0.15, 0.2) is 25.3 Å². The summed E-state index contributed by atoms with van der Waals surface area (Å²) in [6.07, 6.45) is 6.30. The van der Waals surface area contributed by atoms with Crippen LogP contribution >= 0.6 is 0 Å². The van der Waals surface area contributed by atoms with Crippen LogP contribution in [-0.4, -0.2) is 22.4 Å². The van der Waals surface area contributed by atoms with Crippen molar-refractivity contribution in [3.63, 3.8) is 0 Å². The maximum absolute atomic E-state index is 11.7. The highest BCUT2D eigenvalue weighted by atomic mass is 16.2. The molecule has 2 nitrogen and oxygen atoms in total. The zero-order valence-corrected chi connectivity index (χ0v) is 9.12. The molecule has 0 aromatic rings. The molecule has 1 rings (SSSR count). The van der Waals surface area contributed by atoms with Crippen LogP contribution in [-0.2, 0) is 4.79 Å². The van der Waals surface area contributed by atoms with Crippen molar-refractivity contribution in [2.75, 3.05) is 0 Å². The normalized spacial score (nSPS) is 24.7. The van der Waals surface area contributed by atoms with E-state index in [4.69, 9.17) is 0 Å². The van der Waals surface area contributed by atoms with Crippen molar-refractivity contribution in [1.29, 1.82) is 0 Å². The van der Waals surface area contributed by atoms with Gasteiger partial charge in [0, 0.05) is 11.6 Å². The first-order valence-corrected chi connectivity index (χ1v) is 5.09. The van der Waals surface area contributed by atoms with Crippen molar-refractivity contribution in [2.45, 2.75) is 44.7 Å². The third-order valence-corrected chi connectivity index (χ3v) is 2.96. The average molecular weight is 193 g/mol. The molecule has 0 aliphatic carbocycles. The lowest BCUT2D eigenvalue weighted by Crippen LogP contribution is -2.46. The van der Waals surface area contributed by atoms with Gasteiger partial charge in [-0.3, -0.25) is 4.79 Å². The van der Waals surface area contributed by atoms with E-state index in [0.29, 0.717) is 6.04 Å². The summed E-state index contributed by atoms with van der Waals surface area (Å²) in [5.41, 5.74) is -0.0288. The van der Waals surface area contributed by atoms with E-state index in [1.165, 1.54) is 6.08 Å². The van der Waals surface area contributed by atoms with Gasteiger partial charge in [-0.25, -0.2) is 0 Å². The molecule has 0 saturated carbocycles. The number of nitrogens with zero attached hydrogens (tertiary/aromatic N) is 1. The molecule has 1 aliphatic rings. The summed E-state index contributed by atoms with van der Waals surface area (Å²) in [6.45, 7) is 11.5. The molecule has 1 heterocycles. The largest absolute Gasteiger partial charge is 0.331 e. The Labute approximate surface area is 86.3 Å². The lowest BCUT2D eigenvalue weighted by Gasteiger charge is -2.34. The summed E-state index contributed by atoms with van der Waals surface area (Å²) in [6, 6.07) is 0.313. The van der Waals surface area contributed by atoms with Crippen LogP contribution in [0.4, 0.5) is 0 Å². The van der Waals surface area contributed by atoms with Gasteiger partial charge in [-0.1, -0.05) is 12.7 Å².